The highest BCUT2D eigenvalue weighted by Crippen LogP contribution is 2.28. The van der Waals surface area contributed by atoms with Crippen LogP contribution in [0, 0.1) is 10.1 Å². The van der Waals surface area contributed by atoms with Crippen LogP contribution in [0.15, 0.2) is 23.8 Å². The summed E-state index contributed by atoms with van der Waals surface area (Å²) in [4.78, 5) is 20.8. The molecule has 0 heterocycles. The number of methoxy groups -OCH3 is 1. The minimum absolute atomic E-state index is 0. The van der Waals surface area contributed by atoms with Crippen molar-refractivity contribution in [3.8, 4) is 5.75 Å². The third-order valence-electron chi connectivity index (χ3n) is 2.12. The van der Waals surface area contributed by atoms with Crippen LogP contribution in [-0.4, -0.2) is 23.1 Å². The summed E-state index contributed by atoms with van der Waals surface area (Å²) in [5.41, 5.74) is 0.348. The molecule has 1 N–H and O–H groups in total. The van der Waals surface area contributed by atoms with E-state index in [1.54, 1.807) is 6.07 Å². The first kappa shape index (κ1) is 15.9. The number of carboxylic acids is 1. The highest BCUT2D eigenvalue weighted by Gasteiger charge is 2.14. The lowest BCUT2D eigenvalue weighted by molar-refractivity contribution is -0.385. The Bertz CT molecular complexity index is 498. The summed E-state index contributed by atoms with van der Waals surface area (Å²) in [7, 11) is 1.33. The van der Waals surface area contributed by atoms with Crippen molar-refractivity contribution in [3.05, 3.63) is 39.4 Å². The van der Waals surface area contributed by atoms with Gasteiger partial charge in [-0.05, 0) is 24.6 Å². The zero-order valence-corrected chi connectivity index (χ0v) is 10.6. The Morgan fingerprint density at radius 3 is 2.56 bits per heavy atom. The van der Waals surface area contributed by atoms with Gasteiger partial charge in [-0.1, -0.05) is 6.07 Å². The van der Waals surface area contributed by atoms with Crippen LogP contribution in [0.2, 0.25) is 0 Å². The van der Waals surface area contributed by atoms with Crippen LogP contribution in [0.3, 0.4) is 0 Å². The van der Waals surface area contributed by atoms with Crippen molar-refractivity contribution in [2.24, 2.45) is 0 Å². The third kappa shape index (κ3) is 3.74. The number of nitro groups is 1. The number of halogens is 1. The fourth-order valence-corrected chi connectivity index (χ4v) is 1.25. The van der Waals surface area contributed by atoms with Crippen molar-refractivity contribution in [1.82, 2.24) is 0 Å². The summed E-state index contributed by atoms with van der Waals surface area (Å²) in [6.07, 6.45) is 1.36. The summed E-state index contributed by atoms with van der Waals surface area (Å²) in [6, 6.07) is 4.25. The smallest absolute Gasteiger partial charge is 0.331 e. The molecule has 0 aliphatic carbocycles. The van der Waals surface area contributed by atoms with E-state index >= 15 is 0 Å². The highest BCUT2D eigenvalue weighted by atomic mass is 35.5. The summed E-state index contributed by atoms with van der Waals surface area (Å²) >= 11 is 0. The van der Waals surface area contributed by atoms with Crippen LogP contribution in [-0.2, 0) is 4.79 Å². The molecule has 1 aromatic carbocycles. The largest absolute Gasteiger partial charge is 0.490 e. The molecule has 0 saturated carbocycles. The van der Waals surface area contributed by atoms with Crippen molar-refractivity contribution in [2.45, 2.75) is 6.92 Å². The molecule has 0 fully saturated rings. The van der Waals surface area contributed by atoms with E-state index in [-0.39, 0.29) is 29.4 Å². The standard InChI is InChI=1S/C11H11NO5.ClH/c1-7(11(13)14)5-8-3-4-10(17-2)9(6-8)12(15)16;/h3-6H,1-2H3,(H,13,14);1H. The Morgan fingerprint density at radius 2 is 2.11 bits per heavy atom. The molecule has 98 valence electrons. The molecule has 0 amide bonds. The molecule has 0 bridgehead atoms. The number of ether oxygens (including phenoxy) is 1. The molecule has 0 aromatic heterocycles. The van der Waals surface area contributed by atoms with Gasteiger partial charge in [0.05, 0.1) is 12.0 Å². The predicted octanol–water partition coefficient (Wildman–Crippen LogP) is 2.51. The molecule has 6 nitrogen and oxygen atoms in total. The van der Waals surface area contributed by atoms with E-state index in [4.69, 9.17) is 9.84 Å². The van der Waals surface area contributed by atoms with Crippen molar-refractivity contribution >= 4 is 30.1 Å². The fourth-order valence-electron chi connectivity index (χ4n) is 1.25. The van der Waals surface area contributed by atoms with Crippen LogP contribution in [0.5, 0.6) is 5.75 Å². The lowest BCUT2D eigenvalue weighted by Gasteiger charge is -2.02. The van der Waals surface area contributed by atoms with Gasteiger partial charge in [-0.25, -0.2) is 4.79 Å². The molecular weight excluding hydrogens is 262 g/mol. The number of carbonyl (C=O) groups is 1. The van der Waals surface area contributed by atoms with E-state index in [9.17, 15) is 14.9 Å². The summed E-state index contributed by atoms with van der Waals surface area (Å²) in [5, 5.41) is 19.4. The number of rotatable bonds is 4. The Morgan fingerprint density at radius 1 is 1.50 bits per heavy atom. The molecule has 18 heavy (non-hydrogen) atoms. The predicted molar refractivity (Wildman–Crippen MR) is 68.2 cm³/mol. The van der Waals surface area contributed by atoms with Gasteiger partial charge in [0.15, 0.2) is 5.75 Å². The third-order valence-corrected chi connectivity index (χ3v) is 2.12. The molecule has 0 spiro atoms. The number of hydrogen-bond acceptors (Lipinski definition) is 4. The maximum Gasteiger partial charge on any atom is 0.331 e. The second-order valence-electron chi connectivity index (χ2n) is 3.32. The summed E-state index contributed by atoms with van der Waals surface area (Å²) < 4.78 is 4.84. The van der Waals surface area contributed by atoms with E-state index in [1.807, 2.05) is 0 Å². The molecule has 1 rings (SSSR count). The first-order valence-corrected chi connectivity index (χ1v) is 4.69. The average molecular weight is 274 g/mol. The minimum atomic E-state index is -1.07. The van der Waals surface area contributed by atoms with Crippen molar-refractivity contribution in [3.63, 3.8) is 0 Å². The molecule has 0 aliphatic heterocycles. The van der Waals surface area contributed by atoms with Gasteiger partial charge in [0.1, 0.15) is 0 Å². The van der Waals surface area contributed by atoms with Gasteiger partial charge in [0.25, 0.3) is 0 Å². The lowest BCUT2D eigenvalue weighted by Crippen LogP contribution is -1.97. The fraction of sp³-hybridized carbons (Fsp3) is 0.182. The molecule has 0 atom stereocenters. The minimum Gasteiger partial charge on any atom is -0.490 e. The quantitative estimate of drug-likeness (QED) is 0.517. The second-order valence-corrected chi connectivity index (χ2v) is 3.32. The first-order valence-electron chi connectivity index (χ1n) is 4.69. The average Bonchev–Trinajstić information content (AvgIpc) is 2.28. The van der Waals surface area contributed by atoms with Gasteiger partial charge in [-0.15, -0.1) is 12.4 Å². The maximum atomic E-state index is 10.7. The van der Waals surface area contributed by atoms with E-state index < -0.39 is 10.9 Å². The van der Waals surface area contributed by atoms with Crippen LogP contribution < -0.4 is 4.74 Å². The van der Waals surface area contributed by atoms with Crippen molar-refractivity contribution in [2.75, 3.05) is 7.11 Å². The van der Waals surface area contributed by atoms with E-state index in [1.165, 1.54) is 32.2 Å². The van der Waals surface area contributed by atoms with Gasteiger partial charge >= 0.3 is 11.7 Å². The molecule has 1 aromatic rings. The molecule has 0 aliphatic rings. The highest BCUT2D eigenvalue weighted by molar-refractivity contribution is 5.91. The maximum absolute atomic E-state index is 10.7. The van der Waals surface area contributed by atoms with Crippen LogP contribution in [0.25, 0.3) is 6.08 Å². The molecule has 7 heteroatoms. The number of benzene rings is 1. The van der Waals surface area contributed by atoms with E-state index in [2.05, 4.69) is 0 Å². The number of nitrogens with zero attached hydrogens (tertiary/aromatic N) is 1. The van der Waals surface area contributed by atoms with Crippen LogP contribution in [0.4, 0.5) is 5.69 Å². The molecular formula is C11H12ClNO5. The normalized spacial score (nSPS) is 10.4. The Labute approximate surface area is 109 Å². The number of hydrogen-bond donors (Lipinski definition) is 1. The number of nitro benzene ring substituents is 1. The monoisotopic (exact) mass is 273 g/mol. The Kier molecular flexibility index (Phi) is 5.84. The van der Waals surface area contributed by atoms with Crippen molar-refractivity contribution < 1.29 is 19.6 Å². The van der Waals surface area contributed by atoms with Crippen molar-refractivity contribution in [1.29, 1.82) is 0 Å². The van der Waals surface area contributed by atoms with Crippen LogP contribution in [0.1, 0.15) is 12.5 Å². The van der Waals surface area contributed by atoms with Gasteiger partial charge in [0.2, 0.25) is 0 Å². The van der Waals surface area contributed by atoms with Gasteiger partial charge in [-0.3, -0.25) is 10.1 Å². The molecule has 0 unspecified atom stereocenters. The van der Waals surface area contributed by atoms with E-state index in [0.717, 1.165) is 0 Å². The summed E-state index contributed by atoms with van der Waals surface area (Å²) in [6.45, 7) is 1.42. The van der Waals surface area contributed by atoms with Gasteiger partial charge in [0, 0.05) is 11.6 Å². The van der Waals surface area contributed by atoms with E-state index in [0.29, 0.717) is 5.56 Å². The molecule has 0 radical (unpaired) electrons. The number of aliphatic carboxylic acids is 1. The SMILES string of the molecule is COc1ccc(C=C(C)C(=O)O)cc1[N+](=O)[O-].Cl. The first-order chi connectivity index (χ1) is 7.95. The Hall–Kier alpha value is -2.08. The zero-order valence-electron chi connectivity index (χ0n) is 9.75. The van der Waals surface area contributed by atoms with Gasteiger partial charge < -0.3 is 9.84 Å². The Balaban J connectivity index is 0.00000289. The molecule has 0 saturated heterocycles. The zero-order chi connectivity index (χ0) is 13.0. The summed E-state index contributed by atoms with van der Waals surface area (Å²) in [5.74, 6) is -0.927. The lowest BCUT2D eigenvalue weighted by atomic mass is 10.1. The second kappa shape index (κ2) is 6.61. The number of carboxylic acid groups (broad SMARTS) is 1. The van der Waals surface area contributed by atoms with Crippen LogP contribution >= 0.6 is 12.4 Å². The van der Waals surface area contributed by atoms with Gasteiger partial charge in [-0.2, -0.15) is 0 Å². The topological polar surface area (TPSA) is 89.7 Å².